The Hall–Kier alpha value is -1.09. The van der Waals surface area contributed by atoms with Crippen molar-refractivity contribution in [2.45, 2.75) is 51.0 Å². The molecule has 0 aliphatic carbocycles. The van der Waals surface area contributed by atoms with Crippen LogP contribution in [0, 0.1) is 0 Å². The lowest BCUT2D eigenvalue weighted by Crippen LogP contribution is -2.35. The Bertz CT molecular complexity index is 463. The second-order valence-corrected chi connectivity index (χ2v) is 7.01. The van der Waals surface area contributed by atoms with Gasteiger partial charge in [-0.15, -0.1) is 4.52 Å². The van der Waals surface area contributed by atoms with Crippen LogP contribution in [0.1, 0.15) is 51.0 Å². The molecule has 0 aliphatic heterocycles. The van der Waals surface area contributed by atoms with Gasteiger partial charge in [-0.25, -0.2) is 0 Å². The van der Waals surface area contributed by atoms with Gasteiger partial charge in [0.25, 0.3) is 0 Å². The molecule has 1 aromatic carbocycles. The largest absolute Gasteiger partial charge is 0.511 e. The van der Waals surface area contributed by atoms with Gasteiger partial charge in [0, 0.05) is 6.61 Å². The van der Waals surface area contributed by atoms with Gasteiger partial charge in [0.1, 0.15) is 0 Å². The molecular weight excluding hydrogens is 311 g/mol. The van der Waals surface area contributed by atoms with Gasteiger partial charge in [0.2, 0.25) is 6.16 Å². The normalized spacial score (nSPS) is 14.3. The highest BCUT2D eigenvalue weighted by Crippen LogP contribution is 2.35. The molecule has 2 unspecified atom stereocenters. The Balaban J connectivity index is 2.64. The van der Waals surface area contributed by atoms with E-state index in [1.165, 1.54) is 32.8 Å². The molecule has 0 saturated heterocycles. The fraction of sp³-hybridized carbons (Fsp3) is 0.611. The monoisotopic (exact) mass is 339 g/mol. The first kappa shape index (κ1) is 20.0. The van der Waals surface area contributed by atoms with E-state index in [4.69, 9.17) is 9.26 Å². The third-order valence-corrected chi connectivity index (χ3v) is 5.01. The quantitative estimate of drug-likeness (QED) is 0.293. The molecule has 0 N–H and O–H groups in total. The molecule has 0 bridgehead atoms. The van der Waals surface area contributed by atoms with Crippen molar-refractivity contribution in [3.63, 3.8) is 0 Å². The summed E-state index contributed by atoms with van der Waals surface area (Å²) in [7, 11) is -0.553. The molecule has 0 fully saturated rings. The summed E-state index contributed by atoms with van der Waals surface area (Å²) in [5, 5.41) is 0. The van der Waals surface area contributed by atoms with Crippen LogP contribution in [0.15, 0.2) is 30.3 Å². The summed E-state index contributed by atoms with van der Waals surface area (Å²) in [6.07, 6.45) is 7.69. The van der Waals surface area contributed by atoms with Gasteiger partial charge in [-0.1, -0.05) is 69.4 Å². The second kappa shape index (κ2) is 11.4. The summed E-state index contributed by atoms with van der Waals surface area (Å²) in [4.78, 5) is 11.8. The van der Waals surface area contributed by atoms with E-state index >= 15 is 0 Å². The van der Waals surface area contributed by atoms with Crippen molar-refractivity contribution in [1.29, 1.82) is 0 Å². The fourth-order valence-corrected chi connectivity index (χ4v) is 3.33. The first-order valence-electron chi connectivity index (χ1n) is 8.33. The Morgan fingerprint density at radius 1 is 1.09 bits per heavy atom. The summed E-state index contributed by atoms with van der Waals surface area (Å²) in [6.45, 7) is 2.67. The molecule has 5 heteroatoms. The van der Waals surface area contributed by atoms with Crippen LogP contribution >= 0.6 is 8.03 Å². The van der Waals surface area contributed by atoms with Crippen LogP contribution in [-0.4, -0.2) is 26.2 Å². The van der Waals surface area contributed by atoms with Gasteiger partial charge in [-0.2, -0.15) is 0 Å². The molecule has 4 nitrogen and oxygen atoms in total. The Labute approximate surface area is 140 Å². The van der Waals surface area contributed by atoms with Gasteiger partial charge in [-0.3, -0.25) is 4.79 Å². The number of carbonyl (C=O) groups is 1. The first-order valence-corrected chi connectivity index (χ1v) is 9.69. The van der Waals surface area contributed by atoms with E-state index in [0.29, 0.717) is 6.61 Å². The van der Waals surface area contributed by atoms with Crippen molar-refractivity contribution in [2.75, 3.05) is 19.9 Å². The lowest BCUT2D eigenvalue weighted by molar-refractivity contribution is -0.130. The minimum absolute atomic E-state index is 0.0438. The molecule has 23 heavy (non-hydrogen) atoms. The van der Waals surface area contributed by atoms with E-state index in [9.17, 15) is 9.36 Å². The highest BCUT2D eigenvalue weighted by molar-refractivity contribution is 7.39. The maximum absolute atomic E-state index is 11.9. The number of carbonyl (C=O) groups excluding carboxylic acids is 1. The van der Waals surface area contributed by atoms with E-state index < -0.39 is 13.6 Å². The van der Waals surface area contributed by atoms with Gasteiger partial charge in [-0.05, 0) is 16.5 Å². The molecule has 128 valence electrons. The summed E-state index contributed by atoms with van der Waals surface area (Å²) in [6, 6.07) is 9.23. The van der Waals surface area contributed by atoms with Crippen LogP contribution in [0.4, 0.5) is 0 Å². The highest BCUT2D eigenvalue weighted by Gasteiger charge is 2.42. The van der Waals surface area contributed by atoms with Crippen LogP contribution in [-0.2, 0) is 24.2 Å². The van der Waals surface area contributed by atoms with Gasteiger partial charge < -0.3 is 4.74 Å². The van der Waals surface area contributed by atoms with E-state index in [1.807, 2.05) is 30.3 Å². The van der Waals surface area contributed by atoms with Crippen molar-refractivity contribution in [2.24, 2.45) is 0 Å². The third-order valence-electron chi connectivity index (χ3n) is 3.88. The zero-order valence-corrected chi connectivity index (χ0v) is 15.1. The zero-order chi connectivity index (χ0) is 17.0. The Morgan fingerprint density at radius 3 is 2.35 bits per heavy atom. The number of aldehydes is 1. The molecule has 2 atom stereocenters. The van der Waals surface area contributed by atoms with Gasteiger partial charge in [0.05, 0.1) is 7.11 Å². The van der Waals surface area contributed by atoms with Crippen molar-refractivity contribution in [1.82, 2.24) is 0 Å². The molecule has 1 aromatic rings. The molecule has 0 amide bonds. The van der Waals surface area contributed by atoms with Crippen LogP contribution in [0.3, 0.4) is 0 Å². The van der Waals surface area contributed by atoms with Crippen molar-refractivity contribution in [3.8, 4) is 0 Å². The molecule has 0 radical (unpaired) electrons. The lowest BCUT2D eigenvalue weighted by atomic mass is 9.97. The summed E-state index contributed by atoms with van der Waals surface area (Å²) in [5.41, 5.74) is -0.463. The lowest BCUT2D eigenvalue weighted by Gasteiger charge is -2.24. The van der Waals surface area contributed by atoms with Crippen LogP contribution in [0.25, 0.3) is 0 Å². The van der Waals surface area contributed by atoms with E-state index in [1.54, 1.807) is 0 Å². The van der Waals surface area contributed by atoms with Crippen molar-refractivity contribution >= 4 is 14.3 Å². The molecule has 0 spiro atoms. The van der Waals surface area contributed by atoms with E-state index in [2.05, 4.69) is 6.92 Å². The average Bonchev–Trinajstić information content (AvgIpc) is 2.60. The number of benzene rings is 1. The second-order valence-electron chi connectivity index (χ2n) is 5.66. The van der Waals surface area contributed by atoms with Gasteiger partial charge >= 0.3 is 8.03 Å². The first-order chi connectivity index (χ1) is 11.2. The summed E-state index contributed by atoms with van der Waals surface area (Å²) < 4.78 is 22.6. The predicted molar refractivity (Wildman–Crippen MR) is 93.0 cm³/mol. The minimum atomic E-state index is -1.93. The topological polar surface area (TPSA) is 52.6 Å². The summed E-state index contributed by atoms with van der Waals surface area (Å²) in [5.74, 6) is 0. The third kappa shape index (κ3) is 6.90. The average molecular weight is 339 g/mol. The van der Waals surface area contributed by atoms with Crippen molar-refractivity contribution < 1.29 is 18.6 Å². The maximum atomic E-state index is 11.9. The standard InChI is InChI=1S/C18H28O4P/c1-3-4-5-6-7-11-14-22-18(15-19,16-23(20)21-2)17-12-9-8-10-13-17/h8-10,12-13,15H,3-7,11,14,16H2,1-2H3/q+1. The van der Waals surface area contributed by atoms with Crippen LogP contribution in [0.5, 0.6) is 0 Å². The maximum Gasteiger partial charge on any atom is 0.511 e. The molecule has 1 rings (SSSR count). The van der Waals surface area contributed by atoms with Crippen LogP contribution in [0.2, 0.25) is 0 Å². The molecule has 0 heterocycles. The smallest absolute Gasteiger partial charge is 0.358 e. The number of unbranched alkanes of at least 4 members (excludes halogenated alkanes) is 5. The number of ether oxygens (including phenoxy) is 1. The molecule has 0 saturated carbocycles. The van der Waals surface area contributed by atoms with Gasteiger partial charge in [0.15, 0.2) is 11.9 Å². The Kier molecular flexibility index (Phi) is 9.93. The molecule has 0 aromatic heterocycles. The summed E-state index contributed by atoms with van der Waals surface area (Å²) >= 11 is 0. The zero-order valence-electron chi connectivity index (χ0n) is 14.2. The van der Waals surface area contributed by atoms with E-state index in [0.717, 1.165) is 24.7 Å². The highest BCUT2D eigenvalue weighted by atomic mass is 31.1. The minimum Gasteiger partial charge on any atom is -0.358 e. The molecular formula is C18H28O4P+. The molecule has 0 aliphatic rings. The fourth-order valence-electron chi connectivity index (χ4n) is 2.47. The SMILES string of the molecule is CCCCCCCCOC(C=O)(C[P+](=O)OC)c1ccccc1. The van der Waals surface area contributed by atoms with E-state index in [-0.39, 0.29) is 6.16 Å². The number of hydrogen-bond donors (Lipinski definition) is 0. The number of hydrogen-bond acceptors (Lipinski definition) is 4. The predicted octanol–water partition coefficient (Wildman–Crippen LogP) is 4.85. The van der Waals surface area contributed by atoms with Crippen LogP contribution < -0.4 is 0 Å². The number of rotatable bonds is 13. The van der Waals surface area contributed by atoms with Crippen molar-refractivity contribution in [3.05, 3.63) is 35.9 Å². The Morgan fingerprint density at radius 2 is 1.74 bits per heavy atom.